The Kier molecular flexibility index (Phi) is 3.54. The van der Waals surface area contributed by atoms with Crippen molar-refractivity contribution in [3.8, 4) is 0 Å². The van der Waals surface area contributed by atoms with Crippen LogP contribution in [0.2, 0.25) is 0 Å². The van der Waals surface area contributed by atoms with Gasteiger partial charge in [0.25, 0.3) is 0 Å². The molecule has 0 unspecified atom stereocenters. The molecular weight excluding hydrogens is 218 g/mol. The van der Waals surface area contributed by atoms with Gasteiger partial charge >= 0.3 is 5.97 Å². The van der Waals surface area contributed by atoms with E-state index in [1.54, 1.807) is 0 Å². The smallest absolute Gasteiger partial charge is 0.323 e. The molecule has 17 heavy (non-hydrogen) atoms. The number of carbonyl (C=O) groups is 2. The van der Waals surface area contributed by atoms with E-state index in [9.17, 15) is 9.59 Å². The van der Waals surface area contributed by atoms with Gasteiger partial charge in [0, 0.05) is 18.9 Å². The second-order valence-corrected chi connectivity index (χ2v) is 4.15. The van der Waals surface area contributed by atoms with Gasteiger partial charge in [-0.15, -0.1) is 0 Å². The minimum absolute atomic E-state index is 0.0907. The third kappa shape index (κ3) is 2.71. The van der Waals surface area contributed by atoms with Crippen LogP contribution in [-0.2, 0) is 14.3 Å². The van der Waals surface area contributed by atoms with Gasteiger partial charge in [-0.05, 0) is 5.56 Å². The summed E-state index contributed by atoms with van der Waals surface area (Å²) in [7, 11) is 1.33. The summed E-state index contributed by atoms with van der Waals surface area (Å²) >= 11 is 0. The molecule has 1 aliphatic rings. The maximum Gasteiger partial charge on any atom is 0.323 e. The number of benzene rings is 1. The van der Waals surface area contributed by atoms with E-state index in [-0.39, 0.29) is 24.2 Å². The molecule has 1 heterocycles. The molecule has 0 bridgehead atoms. The Morgan fingerprint density at radius 2 is 2.00 bits per heavy atom. The van der Waals surface area contributed by atoms with E-state index in [2.05, 4.69) is 10.1 Å². The van der Waals surface area contributed by atoms with Gasteiger partial charge < -0.3 is 4.74 Å². The summed E-state index contributed by atoms with van der Waals surface area (Å²) in [4.78, 5) is 23.1. The highest BCUT2D eigenvalue weighted by atomic mass is 16.5. The van der Waals surface area contributed by atoms with Crippen LogP contribution in [0.4, 0.5) is 0 Å². The molecule has 1 aromatic carbocycles. The summed E-state index contributed by atoms with van der Waals surface area (Å²) in [5.74, 6) is -0.285. The van der Waals surface area contributed by atoms with E-state index in [4.69, 9.17) is 0 Å². The summed E-state index contributed by atoms with van der Waals surface area (Å²) < 4.78 is 4.67. The van der Waals surface area contributed by atoms with Crippen LogP contribution >= 0.6 is 0 Å². The predicted octanol–water partition coefficient (Wildman–Crippen LogP) is 1.22. The first-order valence-corrected chi connectivity index (χ1v) is 5.61. The SMILES string of the molecule is COC(=O)[C@@H]1CC(=O)C[C@@H](c2ccccc2)N1. The van der Waals surface area contributed by atoms with Crippen molar-refractivity contribution in [2.75, 3.05) is 7.11 Å². The van der Waals surface area contributed by atoms with Crippen molar-refractivity contribution in [3.63, 3.8) is 0 Å². The Bertz CT molecular complexity index is 416. The van der Waals surface area contributed by atoms with E-state index in [1.165, 1.54) is 7.11 Å². The van der Waals surface area contributed by atoms with Crippen LogP contribution in [-0.4, -0.2) is 24.9 Å². The molecule has 90 valence electrons. The lowest BCUT2D eigenvalue weighted by atomic mass is 9.92. The van der Waals surface area contributed by atoms with Crippen molar-refractivity contribution in [3.05, 3.63) is 35.9 Å². The summed E-state index contributed by atoms with van der Waals surface area (Å²) in [6.07, 6.45) is 0.646. The average molecular weight is 233 g/mol. The molecule has 0 saturated carbocycles. The first-order valence-electron chi connectivity index (χ1n) is 5.61. The molecule has 0 aliphatic carbocycles. The number of nitrogens with one attached hydrogen (secondary N) is 1. The third-order valence-corrected chi connectivity index (χ3v) is 2.95. The van der Waals surface area contributed by atoms with Crippen LogP contribution in [0.25, 0.3) is 0 Å². The van der Waals surface area contributed by atoms with Gasteiger partial charge in [-0.2, -0.15) is 0 Å². The van der Waals surface area contributed by atoms with Gasteiger partial charge in [0.2, 0.25) is 0 Å². The Labute approximate surface area is 100.0 Å². The first-order chi connectivity index (χ1) is 8.20. The average Bonchev–Trinajstić information content (AvgIpc) is 2.38. The molecule has 4 heteroatoms. The zero-order valence-corrected chi connectivity index (χ0v) is 9.68. The van der Waals surface area contributed by atoms with Gasteiger partial charge in [0.15, 0.2) is 0 Å². The molecule has 1 fully saturated rings. The van der Waals surface area contributed by atoms with Gasteiger partial charge in [-0.1, -0.05) is 30.3 Å². The molecule has 1 N–H and O–H groups in total. The van der Waals surface area contributed by atoms with E-state index < -0.39 is 6.04 Å². The third-order valence-electron chi connectivity index (χ3n) is 2.95. The van der Waals surface area contributed by atoms with Crippen LogP contribution in [0.1, 0.15) is 24.4 Å². The topological polar surface area (TPSA) is 55.4 Å². The molecule has 1 aromatic rings. The highest BCUT2D eigenvalue weighted by molar-refractivity contribution is 5.88. The van der Waals surface area contributed by atoms with Crippen LogP contribution in [0.15, 0.2) is 30.3 Å². The number of hydrogen-bond donors (Lipinski definition) is 1. The lowest BCUT2D eigenvalue weighted by molar-refractivity contribution is -0.146. The fraction of sp³-hybridized carbons (Fsp3) is 0.385. The largest absolute Gasteiger partial charge is 0.468 e. The Morgan fingerprint density at radius 1 is 1.29 bits per heavy atom. The molecule has 0 aromatic heterocycles. The van der Waals surface area contributed by atoms with Crippen LogP contribution in [0, 0.1) is 0 Å². The standard InChI is InChI=1S/C13H15NO3/c1-17-13(16)12-8-10(15)7-11(14-12)9-5-3-2-4-6-9/h2-6,11-12,14H,7-8H2,1H3/t11-,12-/m0/s1. The van der Waals surface area contributed by atoms with Gasteiger partial charge in [-0.25, -0.2) is 0 Å². The summed E-state index contributed by atoms with van der Waals surface area (Å²) in [6.45, 7) is 0. The number of ketones is 1. The second-order valence-electron chi connectivity index (χ2n) is 4.15. The van der Waals surface area contributed by atoms with Crippen molar-refractivity contribution < 1.29 is 14.3 Å². The maximum absolute atomic E-state index is 11.6. The molecular formula is C13H15NO3. The summed E-state index contributed by atoms with van der Waals surface area (Å²) in [6, 6.07) is 9.04. The molecule has 1 saturated heterocycles. The molecule has 2 atom stereocenters. The van der Waals surface area contributed by atoms with Crippen molar-refractivity contribution in [1.29, 1.82) is 0 Å². The monoisotopic (exact) mass is 233 g/mol. The van der Waals surface area contributed by atoms with E-state index >= 15 is 0 Å². The van der Waals surface area contributed by atoms with Crippen molar-refractivity contribution >= 4 is 11.8 Å². The van der Waals surface area contributed by atoms with E-state index in [1.807, 2.05) is 30.3 Å². The molecule has 2 rings (SSSR count). The lowest BCUT2D eigenvalue weighted by Gasteiger charge is -2.28. The molecule has 1 aliphatic heterocycles. The number of methoxy groups -OCH3 is 1. The van der Waals surface area contributed by atoms with Crippen LogP contribution in [0.5, 0.6) is 0 Å². The Morgan fingerprint density at radius 3 is 2.65 bits per heavy atom. The van der Waals surface area contributed by atoms with Crippen LogP contribution < -0.4 is 5.32 Å². The second kappa shape index (κ2) is 5.10. The highest BCUT2D eigenvalue weighted by Crippen LogP contribution is 2.23. The Balaban J connectivity index is 2.14. The number of carbonyl (C=O) groups excluding carboxylic acids is 2. The molecule has 0 amide bonds. The summed E-state index contributed by atoms with van der Waals surface area (Å²) in [5.41, 5.74) is 1.02. The number of rotatable bonds is 2. The summed E-state index contributed by atoms with van der Waals surface area (Å²) in [5, 5.41) is 3.16. The minimum atomic E-state index is -0.522. The van der Waals surface area contributed by atoms with E-state index in [0.717, 1.165) is 5.56 Å². The highest BCUT2D eigenvalue weighted by Gasteiger charge is 2.32. The number of esters is 1. The van der Waals surface area contributed by atoms with Gasteiger partial charge in [0.05, 0.1) is 7.11 Å². The number of ether oxygens (including phenoxy) is 1. The zero-order chi connectivity index (χ0) is 12.3. The van der Waals surface area contributed by atoms with E-state index in [0.29, 0.717) is 6.42 Å². The number of Topliss-reactive ketones (excluding diaryl/α,β-unsaturated/α-hetero) is 1. The van der Waals surface area contributed by atoms with Crippen molar-refractivity contribution in [1.82, 2.24) is 5.32 Å². The predicted molar refractivity (Wildman–Crippen MR) is 62.4 cm³/mol. The molecule has 0 radical (unpaired) electrons. The maximum atomic E-state index is 11.6. The number of piperidine rings is 1. The minimum Gasteiger partial charge on any atom is -0.468 e. The lowest BCUT2D eigenvalue weighted by Crippen LogP contribution is -2.46. The first kappa shape index (κ1) is 11.8. The van der Waals surface area contributed by atoms with Gasteiger partial charge in [-0.3, -0.25) is 14.9 Å². The van der Waals surface area contributed by atoms with Crippen LogP contribution in [0.3, 0.4) is 0 Å². The zero-order valence-electron chi connectivity index (χ0n) is 9.68. The van der Waals surface area contributed by atoms with Crippen molar-refractivity contribution in [2.24, 2.45) is 0 Å². The molecule has 4 nitrogen and oxygen atoms in total. The fourth-order valence-corrected chi connectivity index (χ4v) is 2.09. The molecule has 0 spiro atoms. The fourth-order valence-electron chi connectivity index (χ4n) is 2.09. The number of hydrogen-bond acceptors (Lipinski definition) is 4. The van der Waals surface area contributed by atoms with Crippen molar-refractivity contribution in [2.45, 2.75) is 24.9 Å². The Hall–Kier alpha value is -1.68. The van der Waals surface area contributed by atoms with Gasteiger partial charge in [0.1, 0.15) is 11.8 Å². The normalized spacial score (nSPS) is 24.4. The quantitative estimate of drug-likeness (QED) is 0.780.